The zero-order chi connectivity index (χ0) is 15.9. The van der Waals surface area contributed by atoms with Crippen molar-refractivity contribution in [2.45, 2.75) is 13.3 Å². The maximum absolute atomic E-state index is 12.1. The van der Waals surface area contributed by atoms with Crippen molar-refractivity contribution < 1.29 is 0 Å². The van der Waals surface area contributed by atoms with Crippen molar-refractivity contribution in [3.05, 3.63) is 40.1 Å². The summed E-state index contributed by atoms with van der Waals surface area (Å²) in [4.78, 5) is 25.2. The smallest absolute Gasteiger partial charge is 0.272 e. The number of anilines is 1. The first-order valence-electron chi connectivity index (χ1n) is 7.22. The average molecular weight is 322 g/mol. The van der Waals surface area contributed by atoms with E-state index in [0.29, 0.717) is 17.2 Å². The largest absolute Gasteiger partial charge is 0.354 e. The molecule has 1 aliphatic rings. The van der Waals surface area contributed by atoms with Crippen LogP contribution in [0.3, 0.4) is 0 Å². The molecule has 1 aromatic rings. The summed E-state index contributed by atoms with van der Waals surface area (Å²) in [6.45, 7) is 9.09. The van der Waals surface area contributed by atoms with Crippen LogP contribution < -0.4 is 15.8 Å². The molecule has 118 valence electrons. The van der Waals surface area contributed by atoms with Crippen molar-refractivity contribution in [3.63, 3.8) is 0 Å². The molecule has 0 spiro atoms. The molecular weight excluding hydrogens is 302 g/mol. The van der Waals surface area contributed by atoms with Gasteiger partial charge in [0.15, 0.2) is 5.82 Å². The van der Waals surface area contributed by atoms with E-state index in [2.05, 4.69) is 26.9 Å². The first-order chi connectivity index (χ1) is 10.6. The van der Waals surface area contributed by atoms with E-state index in [9.17, 15) is 4.79 Å². The third-order valence-corrected chi connectivity index (χ3v) is 3.64. The summed E-state index contributed by atoms with van der Waals surface area (Å²) in [5.74, 6) is 0.918. The van der Waals surface area contributed by atoms with Crippen molar-refractivity contribution in [2.24, 2.45) is 4.99 Å². The number of H-pyrrole nitrogens is 1. The Kier molecular flexibility index (Phi) is 5.91. The van der Waals surface area contributed by atoms with Gasteiger partial charge in [-0.1, -0.05) is 18.2 Å². The van der Waals surface area contributed by atoms with Gasteiger partial charge in [0, 0.05) is 37.6 Å². The fourth-order valence-electron chi connectivity index (χ4n) is 2.16. The fraction of sp³-hybridized carbons (Fsp3) is 0.400. The number of hydrogen-bond acceptors (Lipinski definition) is 5. The van der Waals surface area contributed by atoms with Gasteiger partial charge in [-0.25, -0.2) is 4.98 Å². The summed E-state index contributed by atoms with van der Waals surface area (Å²) in [5.41, 5.74) is 0.223. The number of aliphatic imine (C=N–C) groups is 1. The minimum absolute atomic E-state index is 0.119. The maximum atomic E-state index is 12.1. The molecule has 0 saturated carbocycles. The molecule has 2 N–H and O–H groups in total. The Labute approximate surface area is 134 Å². The molecule has 2 rings (SSSR count). The molecule has 0 aliphatic carbocycles. The third kappa shape index (κ3) is 4.05. The highest BCUT2D eigenvalue weighted by Crippen LogP contribution is 2.22. The van der Waals surface area contributed by atoms with E-state index < -0.39 is 0 Å². The van der Waals surface area contributed by atoms with Crippen LogP contribution in [0.15, 0.2) is 28.6 Å². The summed E-state index contributed by atoms with van der Waals surface area (Å²) in [6.07, 6.45) is 5.94. The van der Waals surface area contributed by atoms with E-state index in [1.165, 1.54) is 0 Å². The van der Waals surface area contributed by atoms with Crippen molar-refractivity contribution >= 4 is 29.2 Å². The molecule has 0 aromatic carbocycles. The van der Waals surface area contributed by atoms with Gasteiger partial charge < -0.3 is 15.2 Å². The van der Waals surface area contributed by atoms with Crippen LogP contribution in [0.4, 0.5) is 5.82 Å². The molecule has 22 heavy (non-hydrogen) atoms. The Morgan fingerprint density at radius 2 is 2.27 bits per heavy atom. The molecule has 1 saturated heterocycles. The summed E-state index contributed by atoms with van der Waals surface area (Å²) >= 11 is 6.14. The zero-order valence-corrected chi connectivity index (χ0v) is 13.4. The summed E-state index contributed by atoms with van der Waals surface area (Å²) in [7, 11) is 0. The Morgan fingerprint density at radius 1 is 1.45 bits per heavy atom. The Bertz CT molecular complexity index is 642. The van der Waals surface area contributed by atoms with Crippen LogP contribution in [0.5, 0.6) is 0 Å². The van der Waals surface area contributed by atoms with Gasteiger partial charge in [-0.15, -0.1) is 0 Å². The number of aromatic nitrogens is 2. The van der Waals surface area contributed by atoms with Crippen molar-refractivity contribution in [3.8, 4) is 0 Å². The highest BCUT2D eigenvalue weighted by Gasteiger charge is 2.18. The predicted octanol–water partition coefficient (Wildman–Crippen LogP) is 1.84. The van der Waals surface area contributed by atoms with Crippen LogP contribution in [0, 0.1) is 0 Å². The van der Waals surface area contributed by atoms with Crippen LogP contribution >= 0.6 is 11.6 Å². The number of aromatic amines is 1. The third-order valence-electron chi connectivity index (χ3n) is 3.30. The number of nitrogens with one attached hydrogen (secondary N) is 2. The van der Waals surface area contributed by atoms with E-state index in [1.807, 2.05) is 11.8 Å². The van der Waals surface area contributed by atoms with E-state index in [-0.39, 0.29) is 10.6 Å². The van der Waals surface area contributed by atoms with Gasteiger partial charge in [0.25, 0.3) is 5.56 Å². The Balaban J connectivity index is 2.33. The lowest BCUT2D eigenvalue weighted by molar-refractivity contribution is 0.724. The monoisotopic (exact) mass is 321 g/mol. The molecule has 1 fully saturated rings. The van der Waals surface area contributed by atoms with Gasteiger partial charge in [-0.05, 0) is 26.0 Å². The Hall–Kier alpha value is -1.92. The molecule has 0 bridgehead atoms. The molecule has 1 aliphatic heterocycles. The highest BCUT2D eigenvalue weighted by molar-refractivity contribution is 6.32. The van der Waals surface area contributed by atoms with E-state index >= 15 is 0 Å². The van der Waals surface area contributed by atoms with Crippen molar-refractivity contribution in [1.82, 2.24) is 15.3 Å². The number of allylic oxidation sites excluding steroid dienone is 2. The van der Waals surface area contributed by atoms with Crippen molar-refractivity contribution in [2.75, 3.05) is 31.1 Å². The highest BCUT2D eigenvalue weighted by atomic mass is 35.5. The SMILES string of the molecule is C=C(/C=C\N=C/C)c1nc(N2CCCNCC2)c(Cl)c(=O)[nH]1. The average Bonchev–Trinajstić information content (AvgIpc) is 2.79. The van der Waals surface area contributed by atoms with Crippen LogP contribution in [-0.2, 0) is 0 Å². The molecule has 0 atom stereocenters. The number of nitrogens with zero attached hydrogens (tertiary/aromatic N) is 3. The molecular formula is C15H20ClN5O. The molecule has 0 unspecified atom stereocenters. The molecule has 7 heteroatoms. The van der Waals surface area contributed by atoms with Gasteiger partial charge in [-0.2, -0.15) is 0 Å². The second kappa shape index (κ2) is 7.91. The summed E-state index contributed by atoms with van der Waals surface area (Å²) < 4.78 is 0. The number of rotatable bonds is 4. The quantitative estimate of drug-likeness (QED) is 0.655. The summed E-state index contributed by atoms with van der Waals surface area (Å²) in [6, 6.07) is 0. The van der Waals surface area contributed by atoms with Crippen LogP contribution in [0.25, 0.3) is 5.57 Å². The molecule has 0 radical (unpaired) electrons. The zero-order valence-electron chi connectivity index (χ0n) is 12.6. The summed E-state index contributed by atoms with van der Waals surface area (Å²) in [5, 5.41) is 3.43. The lowest BCUT2D eigenvalue weighted by Crippen LogP contribution is -2.31. The second-order valence-corrected chi connectivity index (χ2v) is 5.27. The van der Waals surface area contributed by atoms with Gasteiger partial charge in [-0.3, -0.25) is 9.79 Å². The van der Waals surface area contributed by atoms with Gasteiger partial charge in [0.1, 0.15) is 10.8 Å². The predicted molar refractivity (Wildman–Crippen MR) is 91.9 cm³/mol. The molecule has 1 aromatic heterocycles. The lowest BCUT2D eigenvalue weighted by atomic mass is 10.2. The van der Waals surface area contributed by atoms with Crippen LogP contribution in [0.1, 0.15) is 19.2 Å². The van der Waals surface area contributed by atoms with Gasteiger partial charge in [0.05, 0.1) is 0 Å². The molecule has 6 nitrogen and oxygen atoms in total. The minimum atomic E-state index is -0.354. The fourth-order valence-corrected chi connectivity index (χ4v) is 2.37. The normalized spacial score (nSPS) is 16.4. The van der Waals surface area contributed by atoms with Crippen LogP contribution in [-0.4, -0.2) is 42.4 Å². The van der Waals surface area contributed by atoms with E-state index in [0.717, 1.165) is 32.6 Å². The van der Waals surface area contributed by atoms with Gasteiger partial charge >= 0.3 is 0 Å². The second-order valence-electron chi connectivity index (χ2n) is 4.89. The minimum Gasteiger partial charge on any atom is -0.354 e. The molecule has 0 amide bonds. The standard InChI is InChI=1S/C15H20ClN5O/c1-3-17-7-5-11(2)13-19-14(12(16)15(22)20-13)21-9-4-6-18-8-10-21/h3,5,7,18H,2,4,6,8-10H2,1H3,(H,19,20,22)/b7-5-,17-3-. The lowest BCUT2D eigenvalue weighted by Gasteiger charge is -2.22. The maximum Gasteiger partial charge on any atom is 0.272 e. The van der Waals surface area contributed by atoms with Crippen molar-refractivity contribution in [1.29, 1.82) is 0 Å². The number of hydrogen-bond donors (Lipinski definition) is 2. The van der Waals surface area contributed by atoms with E-state index in [1.54, 1.807) is 18.5 Å². The first kappa shape index (κ1) is 16.5. The topological polar surface area (TPSA) is 73.4 Å². The number of halogens is 1. The van der Waals surface area contributed by atoms with E-state index in [4.69, 9.17) is 11.6 Å². The Morgan fingerprint density at radius 3 is 3.05 bits per heavy atom. The van der Waals surface area contributed by atoms with Gasteiger partial charge in [0.2, 0.25) is 0 Å². The molecule has 2 heterocycles. The van der Waals surface area contributed by atoms with Crippen LogP contribution in [0.2, 0.25) is 5.02 Å². The first-order valence-corrected chi connectivity index (χ1v) is 7.60.